The topological polar surface area (TPSA) is 68.3 Å². The van der Waals surface area contributed by atoms with E-state index in [-0.39, 0.29) is 11.3 Å². The van der Waals surface area contributed by atoms with E-state index in [9.17, 15) is 22.8 Å². The molecule has 0 bridgehead atoms. The van der Waals surface area contributed by atoms with E-state index in [1.165, 1.54) is 43.6 Å². The summed E-state index contributed by atoms with van der Waals surface area (Å²) in [6, 6.07) is 7.01. The van der Waals surface area contributed by atoms with E-state index in [0.717, 1.165) is 12.1 Å². The number of hydrogen-bond acceptors (Lipinski definition) is 4. The van der Waals surface area contributed by atoms with Crippen LogP contribution in [0.15, 0.2) is 48.8 Å². The minimum absolute atomic E-state index is 0.0402. The number of ether oxygens (including phenoxy) is 1. The lowest BCUT2D eigenvalue weighted by Gasteiger charge is -2.14. The summed E-state index contributed by atoms with van der Waals surface area (Å²) in [4.78, 5) is 27.5. The number of nitrogens with zero attached hydrogens (tertiary/aromatic N) is 1. The van der Waals surface area contributed by atoms with Crippen molar-refractivity contribution in [2.45, 2.75) is 19.2 Å². The summed E-state index contributed by atoms with van der Waals surface area (Å²) in [5.74, 6) is -1.47. The van der Waals surface area contributed by atoms with Crippen LogP contribution in [-0.4, -0.2) is 23.0 Å². The van der Waals surface area contributed by atoms with E-state index in [2.05, 4.69) is 10.3 Å². The third-order valence-corrected chi connectivity index (χ3v) is 3.03. The molecule has 0 aliphatic carbocycles. The monoisotopic (exact) mass is 338 g/mol. The summed E-state index contributed by atoms with van der Waals surface area (Å²) in [6.45, 7) is 1.32. The van der Waals surface area contributed by atoms with Crippen LogP contribution in [0.2, 0.25) is 0 Å². The van der Waals surface area contributed by atoms with Gasteiger partial charge in [-0.25, -0.2) is 4.79 Å². The van der Waals surface area contributed by atoms with Crippen LogP contribution < -0.4 is 5.32 Å². The lowest BCUT2D eigenvalue weighted by atomic mass is 10.2. The predicted molar refractivity (Wildman–Crippen MR) is 79.2 cm³/mol. The average molecular weight is 338 g/mol. The van der Waals surface area contributed by atoms with Crippen LogP contribution in [0.5, 0.6) is 0 Å². The predicted octanol–water partition coefficient (Wildman–Crippen LogP) is 3.28. The molecule has 1 aromatic heterocycles. The van der Waals surface area contributed by atoms with Crippen LogP contribution in [0, 0.1) is 0 Å². The molecule has 126 valence electrons. The fourth-order valence-corrected chi connectivity index (χ4v) is 1.79. The van der Waals surface area contributed by atoms with E-state index in [4.69, 9.17) is 4.74 Å². The fourth-order valence-electron chi connectivity index (χ4n) is 1.79. The molecule has 0 spiro atoms. The van der Waals surface area contributed by atoms with Gasteiger partial charge >= 0.3 is 12.1 Å². The second-order valence-electron chi connectivity index (χ2n) is 4.85. The fraction of sp³-hybridized carbons (Fsp3) is 0.188. The summed E-state index contributed by atoms with van der Waals surface area (Å²) < 4.78 is 42.9. The molecular weight excluding hydrogens is 325 g/mol. The molecule has 0 unspecified atom stereocenters. The second kappa shape index (κ2) is 7.12. The van der Waals surface area contributed by atoms with Crippen molar-refractivity contribution in [2.75, 3.05) is 5.32 Å². The van der Waals surface area contributed by atoms with Crippen molar-refractivity contribution < 1.29 is 27.5 Å². The Bertz CT molecular complexity index is 733. The minimum atomic E-state index is -4.51. The van der Waals surface area contributed by atoms with Crippen LogP contribution >= 0.6 is 0 Å². The van der Waals surface area contributed by atoms with E-state index in [1.54, 1.807) is 0 Å². The summed E-state index contributed by atoms with van der Waals surface area (Å²) in [7, 11) is 0. The van der Waals surface area contributed by atoms with E-state index in [0.29, 0.717) is 0 Å². The van der Waals surface area contributed by atoms with Gasteiger partial charge in [-0.2, -0.15) is 13.2 Å². The zero-order valence-electron chi connectivity index (χ0n) is 12.5. The van der Waals surface area contributed by atoms with Crippen molar-refractivity contribution in [3.05, 3.63) is 59.9 Å². The van der Waals surface area contributed by atoms with Crippen LogP contribution in [-0.2, 0) is 15.7 Å². The van der Waals surface area contributed by atoms with Gasteiger partial charge in [0.25, 0.3) is 5.91 Å². The number of pyridine rings is 1. The van der Waals surface area contributed by atoms with Gasteiger partial charge in [0.15, 0.2) is 6.10 Å². The maximum absolute atomic E-state index is 12.6. The molecule has 5 nitrogen and oxygen atoms in total. The summed E-state index contributed by atoms with van der Waals surface area (Å²) in [5, 5.41) is 2.28. The third kappa shape index (κ3) is 4.55. The molecule has 2 rings (SSSR count). The first-order valence-corrected chi connectivity index (χ1v) is 6.86. The molecule has 1 atom stereocenters. The van der Waals surface area contributed by atoms with Crippen molar-refractivity contribution in [1.29, 1.82) is 0 Å². The van der Waals surface area contributed by atoms with E-state index >= 15 is 0 Å². The molecule has 1 N–H and O–H groups in total. The number of benzene rings is 1. The highest BCUT2D eigenvalue weighted by molar-refractivity contribution is 5.97. The van der Waals surface area contributed by atoms with Crippen LogP contribution in [0.25, 0.3) is 0 Å². The smallest absolute Gasteiger partial charge is 0.416 e. The number of anilines is 1. The Morgan fingerprint density at radius 2 is 1.83 bits per heavy atom. The number of carbonyl (C=O) groups is 2. The molecule has 1 aromatic carbocycles. The number of amides is 1. The van der Waals surface area contributed by atoms with Crippen LogP contribution in [0.3, 0.4) is 0 Å². The Morgan fingerprint density at radius 3 is 2.46 bits per heavy atom. The van der Waals surface area contributed by atoms with Gasteiger partial charge in [-0.1, -0.05) is 6.07 Å². The van der Waals surface area contributed by atoms with Crippen LogP contribution in [0.4, 0.5) is 18.9 Å². The molecule has 0 saturated heterocycles. The first-order valence-electron chi connectivity index (χ1n) is 6.86. The number of nitrogens with one attached hydrogen (secondary N) is 1. The molecule has 0 radical (unpaired) electrons. The van der Waals surface area contributed by atoms with Crippen molar-refractivity contribution in [3.63, 3.8) is 0 Å². The summed E-state index contributed by atoms with van der Waals surface area (Å²) >= 11 is 0. The summed E-state index contributed by atoms with van der Waals surface area (Å²) in [6.07, 6.45) is -2.91. The third-order valence-electron chi connectivity index (χ3n) is 3.03. The molecule has 24 heavy (non-hydrogen) atoms. The van der Waals surface area contributed by atoms with Gasteiger partial charge in [0.2, 0.25) is 0 Å². The maximum atomic E-state index is 12.6. The lowest BCUT2D eigenvalue weighted by Crippen LogP contribution is -2.30. The molecule has 1 amide bonds. The Kier molecular flexibility index (Phi) is 5.18. The van der Waals surface area contributed by atoms with Crippen LogP contribution in [0.1, 0.15) is 22.8 Å². The quantitative estimate of drug-likeness (QED) is 0.869. The summed E-state index contributed by atoms with van der Waals surface area (Å²) in [5.41, 5.74) is -0.716. The van der Waals surface area contributed by atoms with Gasteiger partial charge in [-0.15, -0.1) is 0 Å². The molecule has 1 heterocycles. The van der Waals surface area contributed by atoms with E-state index in [1.807, 2.05) is 0 Å². The highest BCUT2D eigenvalue weighted by atomic mass is 19.4. The minimum Gasteiger partial charge on any atom is -0.449 e. The van der Waals surface area contributed by atoms with Crippen molar-refractivity contribution in [3.8, 4) is 0 Å². The van der Waals surface area contributed by atoms with Gasteiger partial charge in [0.05, 0.1) is 11.1 Å². The number of aromatic nitrogens is 1. The van der Waals surface area contributed by atoms with Crippen molar-refractivity contribution in [2.24, 2.45) is 0 Å². The van der Waals surface area contributed by atoms with Gasteiger partial charge in [-0.05, 0) is 37.3 Å². The van der Waals surface area contributed by atoms with E-state index < -0.39 is 29.7 Å². The number of hydrogen-bond donors (Lipinski definition) is 1. The number of carbonyl (C=O) groups excluding carboxylic acids is 2. The molecule has 0 fully saturated rings. The second-order valence-corrected chi connectivity index (χ2v) is 4.85. The maximum Gasteiger partial charge on any atom is 0.416 e. The zero-order valence-corrected chi connectivity index (χ0v) is 12.5. The molecule has 0 aliphatic heterocycles. The molecular formula is C16H13F3N2O3. The first-order chi connectivity index (χ1) is 11.3. The largest absolute Gasteiger partial charge is 0.449 e. The van der Waals surface area contributed by atoms with Crippen molar-refractivity contribution in [1.82, 2.24) is 4.98 Å². The number of esters is 1. The number of halogens is 3. The standard InChI is InChI=1S/C16H13F3N2O3/c1-10(24-15(23)11-5-7-20-8-6-11)14(22)21-13-4-2-3-12(9-13)16(17,18)19/h2-10H,1H3,(H,21,22)/t10-/m1/s1. The Balaban J connectivity index is 2.00. The Labute approximate surface area is 135 Å². The Morgan fingerprint density at radius 1 is 1.17 bits per heavy atom. The molecule has 8 heteroatoms. The highest BCUT2D eigenvalue weighted by Gasteiger charge is 2.30. The normalized spacial score (nSPS) is 12.3. The first kappa shape index (κ1) is 17.5. The Hall–Kier alpha value is -2.90. The van der Waals surface area contributed by atoms with Gasteiger partial charge < -0.3 is 10.1 Å². The highest BCUT2D eigenvalue weighted by Crippen LogP contribution is 2.30. The number of alkyl halides is 3. The average Bonchev–Trinajstić information content (AvgIpc) is 2.55. The van der Waals surface area contributed by atoms with Gasteiger partial charge in [-0.3, -0.25) is 9.78 Å². The van der Waals surface area contributed by atoms with Gasteiger partial charge in [0, 0.05) is 18.1 Å². The zero-order chi connectivity index (χ0) is 17.7. The molecule has 0 aliphatic rings. The van der Waals surface area contributed by atoms with Gasteiger partial charge in [0.1, 0.15) is 0 Å². The molecule has 0 saturated carbocycles. The number of rotatable bonds is 4. The van der Waals surface area contributed by atoms with Crippen molar-refractivity contribution >= 4 is 17.6 Å². The molecule has 2 aromatic rings. The SMILES string of the molecule is C[C@@H](OC(=O)c1ccncc1)C(=O)Nc1cccc(C(F)(F)F)c1. The lowest BCUT2D eigenvalue weighted by molar-refractivity contribution is -0.137.